The summed E-state index contributed by atoms with van der Waals surface area (Å²) >= 11 is 0. The smallest absolute Gasteiger partial charge is 0.278 e. The van der Waals surface area contributed by atoms with Gasteiger partial charge >= 0.3 is 0 Å². The van der Waals surface area contributed by atoms with Crippen LogP contribution in [0.15, 0.2) is 17.4 Å². The van der Waals surface area contributed by atoms with E-state index < -0.39 is 0 Å². The van der Waals surface area contributed by atoms with E-state index in [0.29, 0.717) is 5.65 Å². The van der Waals surface area contributed by atoms with Crippen LogP contribution in [0.3, 0.4) is 0 Å². The van der Waals surface area contributed by atoms with Gasteiger partial charge in [0.2, 0.25) is 0 Å². The molecule has 3 rings (SSSR count). The lowest BCUT2D eigenvalue weighted by Crippen LogP contribution is -2.07. The fourth-order valence-corrected chi connectivity index (χ4v) is 2.41. The van der Waals surface area contributed by atoms with Crippen LogP contribution in [0.1, 0.15) is 6.04 Å². The number of aliphatic hydroxyl groups excluding tert-OH is 2. The fraction of sp³-hybridized carbons (Fsp3) is 0.500. The molecule has 2 atom stereocenters. The van der Waals surface area contributed by atoms with Gasteiger partial charge in [-0.2, -0.15) is 0 Å². The van der Waals surface area contributed by atoms with Crippen molar-refractivity contribution in [3.63, 3.8) is 0 Å². The van der Waals surface area contributed by atoms with E-state index in [-0.39, 0.29) is 42.2 Å². The highest BCUT2D eigenvalue weighted by Gasteiger charge is 2.51. The molecule has 1 aliphatic carbocycles. The van der Waals surface area contributed by atoms with Crippen molar-refractivity contribution in [1.82, 2.24) is 19.5 Å². The summed E-state index contributed by atoms with van der Waals surface area (Å²) in [5, 5.41) is 18.3. The molecule has 7 heteroatoms. The summed E-state index contributed by atoms with van der Waals surface area (Å²) in [6.07, 6.45) is 2.86. The summed E-state index contributed by atoms with van der Waals surface area (Å²) in [6, 6.07) is -0.0238. The third-order valence-electron chi connectivity index (χ3n) is 3.39. The van der Waals surface area contributed by atoms with Crippen molar-refractivity contribution in [3.05, 3.63) is 23.0 Å². The Kier molecular flexibility index (Phi) is 2.23. The zero-order chi connectivity index (χ0) is 12.0. The third-order valence-corrected chi connectivity index (χ3v) is 3.39. The van der Waals surface area contributed by atoms with Crippen molar-refractivity contribution in [2.24, 2.45) is 11.8 Å². The predicted molar refractivity (Wildman–Crippen MR) is 58.3 cm³/mol. The van der Waals surface area contributed by atoms with Crippen LogP contribution >= 0.6 is 0 Å². The second kappa shape index (κ2) is 3.64. The molecule has 90 valence electrons. The van der Waals surface area contributed by atoms with Crippen LogP contribution in [-0.2, 0) is 0 Å². The third kappa shape index (κ3) is 1.39. The summed E-state index contributed by atoms with van der Waals surface area (Å²) in [5.41, 5.74) is 0.497. The van der Waals surface area contributed by atoms with Crippen LogP contribution in [0.2, 0.25) is 0 Å². The minimum absolute atomic E-state index is 0.0125. The molecule has 7 nitrogen and oxygen atoms in total. The predicted octanol–water partition coefficient (Wildman–Crippen LogP) is -1.11. The average Bonchev–Trinajstić information content (AvgIpc) is 2.89. The molecule has 0 amide bonds. The molecule has 0 radical (unpaired) electrons. The number of H-pyrrole nitrogens is 1. The van der Waals surface area contributed by atoms with E-state index in [1.165, 1.54) is 12.7 Å². The van der Waals surface area contributed by atoms with Crippen molar-refractivity contribution in [1.29, 1.82) is 0 Å². The Bertz CT molecular complexity index is 595. The Morgan fingerprint density at radius 3 is 2.65 bits per heavy atom. The Balaban J connectivity index is 2.08. The highest BCUT2D eigenvalue weighted by molar-refractivity contribution is 5.69. The maximum atomic E-state index is 11.5. The average molecular weight is 236 g/mol. The van der Waals surface area contributed by atoms with Crippen LogP contribution in [0.25, 0.3) is 11.2 Å². The topological polar surface area (TPSA) is 104 Å². The fourth-order valence-electron chi connectivity index (χ4n) is 2.41. The normalized spacial score (nSPS) is 27.5. The number of aromatic nitrogens is 4. The quantitative estimate of drug-likeness (QED) is 0.627. The molecule has 0 bridgehead atoms. The van der Waals surface area contributed by atoms with Gasteiger partial charge in [0, 0.05) is 31.1 Å². The number of aliphatic hydroxyl groups is 2. The highest BCUT2D eigenvalue weighted by atomic mass is 16.3. The molecule has 0 spiro atoms. The zero-order valence-electron chi connectivity index (χ0n) is 8.95. The lowest BCUT2D eigenvalue weighted by Gasteiger charge is -2.00. The first-order valence-electron chi connectivity index (χ1n) is 5.40. The van der Waals surface area contributed by atoms with E-state index >= 15 is 0 Å². The van der Waals surface area contributed by atoms with Crippen molar-refractivity contribution in [2.45, 2.75) is 6.04 Å². The lowest BCUT2D eigenvalue weighted by atomic mass is 10.3. The molecule has 2 aromatic heterocycles. The van der Waals surface area contributed by atoms with Gasteiger partial charge in [-0.15, -0.1) is 0 Å². The van der Waals surface area contributed by atoms with Gasteiger partial charge in [0.05, 0.1) is 12.7 Å². The summed E-state index contributed by atoms with van der Waals surface area (Å²) in [5.74, 6) is 0.0250. The first kappa shape index (κ1) is 10.4. The molecular weight excluding hydrogens is 224 g/mol. The van der Waals surface area contributed by atoms with E-state index in [1.54, 1.807) is 4.57 Å². The second-order valence-corrected chi connectivity index (χ2v) is 4.24. The molecule has 17 heavy (non-hydrogen) atoms. The second-order valence-electron chi connectivity index (χ2n) is 4.24. The molecule has 1 fully saturated rings. The van der Waals surface area contributed by atoms with Gasteiger partial charge in [0.25, 0.3) is 5.56 Å². The maximum Gasteiger partial charge on any atom is 0.278 e. The number of rotatable bonds is 3. The highest BCUT2D eigenvalue weighted by Crippen LogP contribution is 2.50. The van der Waals surface area contributed by atoms with Gasteiger partial charge in [0.15, 0.2) is 11.2 Å². The van der Waals surface area contributed by atoms with Crippen LogP contribution in [0, 0.1) is 11.8 Å². The van der Waals surface area contributed by atoms with E-state index in [1.807, 2.05) is 0 Å². The Hall–Kier alpha value is -1.73. The molecule has 2 heterocycles. The Morgan fingerprint density at radius 2 is 2.00 bits per heavy atom. The van der Waals surface area contributed by atoms with Crippen molar-refractivity contribution >= 4 is 11.2 Å². The number of imidazole rings is 1. The molecular formula is C10H12N4O3. The number of nitrogens with zero attached hydrogens (tertiary/aromatic N) is 3. The minimum Gasteiger partial charge on any atom is -0.396 e. The largest absolute Gasteiger partial charge is 0.396 e. The van der Waals surface area contributed by atoms with Crippen LogP contribution in [0.5, 0.6) is 0 Å². The van der Waals surface area contributed by atoms with Gasteiger partial charge in [0.1, 0.15) is 0 Å². The summed E-state index contributed by atoms with van der Waals surface area (Å²) in [4.78, 5) is 22.0. The minimum atomic E-state index is -0.282. The van der Waals surface area contributed by atoms with Gasteiger partial charge in [-0.05, 0) is 0 Å². The molecule has 1 aliphatic rings. The monoisotopic (exact) mass is 236 g/mol. The number of nitrogens with one attached hydrogen (secondary N) is 1. The van der Waals surface area contributed by atoms with Gasteiger partial charge < -0.3 is 19.8 Å². The zero-order valence-corrected chi connectivity index (χ0v) is 8.95. The van der Waals surface area contributed by atoms with E-state index in [2.05, 4.69) is 15.0 Å². The number of aromatic amines is 1. The number of hydrogen-bond acceptors (Lipinski definition) is 5. The number of fused-ring (bicyclic) bond motifs is 1. The first-order valence-corrected chi connectivity index (χ1v) is 5.40. The molecule has 1 saturated carbocycles. The Morgan fingerprint density at radius 1 is 1.29 bits per heavy atom. The van der Waals surface area contributed by atoms with Crippen molar-refractivity contribution in [3.8, 4) is 0 Å². The van der Waals surface area contributed by atoms with Crippen LogP contribution < -0.4 is 5.56 Å². The molecule has 0 saturated heterocycles. The summed E-state index contributed by atoms with van der Waals surface area (Å²) in [7, 11) is 0. The molecule has 2 unspecified atom stereocenters. The van der Waals surface area contributed by atoms with Gasteiger partial charge in [-0.25, -0.2) is 9.97 Å². The van der Waals surface area contributed by atoms with Crippen LogP contribution in [-0.4, -0.2) is 42.9 Å². The molecule has 3 N–H and O–H groups in total. The van der Waals surface area contributed by atoms with E-state index in [0.717, 1.165) is 0 Å². The Labute approximate surface area is 95.8 Å². The summed E-state index contributed by atoms with van der Waals surface area (Å²) < 4.78 is 1.76. The molecule has 0 aliphatic heterocycles. The first-order chi connectivity index (χ1) is 8.27. The lowest BCUT2D eigenvalue weighted by molar-refractivity contribution is 0.232. The van der Waals surface area contributed by atoms with Gasteiger partial charge in [-0.3, -0.25) is 4.79 Å². The molecule has 2 aromatic rings. The SMILES string of the molecule is O=c1[nH]cnc2c1ncn2C1C(CO)C1CO. The number of hydrogen-bond donors (Lipinski definition) is 3. The van der Waals surface area contributed by atoms with Crippen molar-refractivity contribution < 1.29 is 10.2 Å². The summed E-state index contributed by atoms with van der Waals surface area (Å²) in [6.45, 7) is 0.0253. The van der Waals surface area contributed by atoms with Crippen molar-refractivity contribution in [2.75, 3.05) is 13.2 Å². The van der Waals surface area contributed by atoms with Crippen LogP contribution in [0.4, 0.5) is 0 Å². The van der Waals surface area contributed by atoms with E-state index in [4.69, 9.17) is 0 Å². The maximum absolute atomic E-state index is 11.5. The van der Waals surface area contributed by atoms with E-state index in [9.17, 15) is 15.0 Å². The standard InChI is InChI=1S/C10H12N4O3/c15-1-5-6(2-16)8(5)14-4-13-7-9(14)11-3-12-10(7)17/h3-6,8,15-16H,1-2H2,(H,11,12,17). The van der Waals surface area contributed by atoms with Gasteiger partial charge in [-0.1, -0.05) is 0 Å². The molecule has 0 aromatic carbocycles.